The average Bonchev–Trinajstić information content (AvgIpc) is 3.17. The molecule has 0 aliphatic rings. The van der Waals surface area contributed by atoms with Crippen LogP contribution in [0.15, 0.2) is 188 Å². The number of rotatable bonds is 5. The van der Waals surface area contributed by atoms with E-state index in [4.69, 9.17) is 0 Å². The summed E-state index contributed by atoms with van der Waals surface area (Å²) in [6.07, 6.45) is 0. The second kappa shape index (κ2) is 11.5. The molecule has 9 aromatic carbocycles. The van der Waals surface area contributed by atoms with Crippen molar-refractivity contribution in [1.82, 2.24) is 0 Å². The van der Waals surface area contributed by atoms with Crippen LogP contribution in [0.3, 0.4) is 0 Å². The molecule has 9 rings (SSSR count). The summed E-state index contributed by atoms with van der Waals surface area (Å²) < 4.78 is 15.9. The first-order chi connectivity index (χ1) is 23.7. The number of hydrogen-bond acceptors (Lipinski definition) is 1. The number of benzene rings is 9. The van der Waals surface area contributed by atoms with Crippen LogP contribution in [-0.4, -0.2) is 0 Å². The summed E-state index contributed by atoms with van der Waals surface area (Å²) in [5.41, 5.74) is 4.36. The van der Waals surface area contributed by atoms with Crippen molar-refractivity contribution in [3.63, 3.8) is 0 Å². The second-order valence-corrected chi connectivity index (χ2v) is 15.2. The fourth-order valence-corrected chi connectivity index (χ4v) is 10.1. The van der Waals surface area contributed by atoms with Gasteiger partial charge in [-0.05, 0) is 95.7 Å². The normalized spacial score (nSPS) is 11.8. The maximum Gasteiger partial charge on any atom is 0.171 e. The second-order valence-electron chi connectivity index (χ2n) is 12.4. The quantitative estimate of drug-likeness (QED) is 0.137. The summed E-state index contributed by atoms with van der Waals surface area (Å²) in [6, 6.07) is 65.7. The van der Waals surface area contributed by atoms with Crippen LogP contribution >= 0.6 is 7.14 Å². The molecule has 0 unspecified atom stereocenters. The van der Waals surface area contributed by atoms with Crippen molar-refractivity contribution in [3.05, 3.63) is 188 Å². The maximum absolute atomic E-state index is 15.9. The Hall–Kier alpha value is -5.75. The third-order valence-electron chi connectivity index (χ3n) is 9.68. The Morgan fingerprint density at radius 3 is 1.08 bits per heavy atom. The minimum Gasteiger partial charge on any atom is -0.309 e. The van der Waals surface area contributed by atoms with E-state index < -0.39 is 7.14 Å². The molecule has 0 saturated carbocycles. The SMILES string of the molecule is O=P(c1ccccc1)(c1ccccc1)c1cc(-c2cc3ccccc3c3ccccc23)cc(-c2cc3ccccc3c3ccccc23)c1. The predicted molar refractivity (Wildman–Crippen MR) is 207 cm³/mol. The summed E-state index contributed by atoms with van der Waals surface area (Å²) >= 11 is 0. The van der Waals surface area contributed by atoms with Gasteiger partial charge in [-0.1, -0.05) is 158 Å². The number of hydrogen-bond donors (Lipinski definition) is 0. The molecule has 0 heterocycles. The Kier molecular flexibility index (Phi) is 6.82. The summed E-state index contributed by atoms with van der Waals surface area (Å²) in [7, 11) is -3.29. The minimum atomic E-state index is -3.29. The summed E-state index contributed by atoms with van der Waals surface area (Å²) in [5.74, 6) is 0. The smallest absolute Gasteiger partial charge is 0.171 e. The van der Waals surface area contributed by atoms with E-state index in [-0.39, 0.29) is 0 Å². The van der Waals surface area contributed by atoms with Gasteiger partial charge in [0, 0.05) is 15.9 Å². The van der Waals surface area contributed by atoms with Gasteiger partial charge in [-0.25, -0.2) is 0 Å². The average molecular weight is 631 g/mol. The van der Waals surface area contributed by atoms with Gasteiger partial charge in [-0.3, -0.25) is 0 Å². The Morgan fingerprint density at radius 2 is 0.646 bits per heavy atom. The van der Waals surface area contributed by atoms with Gasteiger partial charge in [-0.15, -0.1) is 0 Å². The third-order valence-corrected chi connectivity index (χ3v) is 12.7. The molecule has 0 amide bonds. The van der Waals surface area contributed by atoms with Gasteiger partial charge in [0.1, 0.15) is 0 Å². The first-order valence-electron chi connectivity index (χ1n) is 16.4. The lowest BCUT2D eigenvalue weighted by Crippen LogP contribution is -2.25. The van der Waals surface area contributed by atoms with E-state index in [1.165, 1.54) is 43.1 Å². The monoisotopic (exact) mass is 630 g/mol. The molecule has 48 heavy (non-hydrogen) atoms. The molecule has 1 nitrogen and oxygen atoms in total. The van der Waals surface area contributed by atoms with Crippen molar-refractivity contribution in [2.75, 3.05) is 0 Å². The van der Waals surface area contributed by atoms with E-state index in [0.717, 1.165) is 38.2 Å². The maximum atomic E-state index is 15.9. The Labute approximate surface area is 280 Å². The van der Waals surface area contributed by atoms with E-state index in [1.54, 1.807) is 0 Å². The molecule has 0 saturated heterocycles. The molecule has 0 aromatic heterocycles. The summed E-state index contributed by atoms with van der Waals surface area (Å²) in [4.78, 5) is 0. The lowest BCUT2D eigenvalue weighted by Gasteiger charge is -2.23. The Balaban J connectivity index is 1.42. The Morgan fingerprint density at radius 1 is 0.292 bits per heavy atom. The van der Waals surface area contributed by atoms with Crippen molar-refractivity contribution >= 4 is 66.1 Å². The molecular weight excluding hydrogens is 599 g/mol. The largest absolute Gasteiger partial charge is 0.309 e. The van der Waals surface area contributed by atoms with Crippen molar-refractivity contribution < 1.29 is 4.57 Å². The minimum absolute atomic E-state index is 0.821. The van der Waals surface area contributed by atoms with E-state index in [9.17, 15) is 0 Å². The van der Waals surface area contributed by atoms with Gasteiger partial charge >= 0.3 is 0 Å². The van der Waals surface area contributed by atoms with Crippen LogP contribution in [0.2, 0.25) is 0 Å². The fourth-order valence-electron chi connectivity index (χ4n) is 7.41. The van der Waals surface area contributed by atoms with Crippen LogP contribution in [0.1, 0.15) is 0 Å². The summed E-state index contributed by atoms with van der Waals surface area (Å²) in [5, 5.41) is 12.1. The van der Waals surface area contributed by atoms with Crippen LogP contribution in [-0.2, 0) is 4.57 Å². The molecule has 0 bridgehead atoms. The van der Waals surface area contributed by atoms with Crippen molar-refractivity contribution in [2.24, 2.45) is 0 Å². The molecule has 0 fully saturated rings. The first-order valence-corrected chi connectivity index (χ1v) is 18.1. The van der Waals surface area contributed by atoms with Gasteiger partial charge in [0.05, 0.1) is 0 Å². The topological polar surface area (TPSA) is 17.1 Å². The van der Waals surface area contributed by atoms with E-state index in [1.807, 2.05) is 60.7 Å². The molecule has 0 aliphatic carbocycles. The molecule has 0 spiro atoms. The fraction of sp³-hybridized carbons (Fsp3) is 0. The lowest BCUT2D eigenvalue weighted by atomic mass is 9.89. The van der Waals surface area contributed by atoms with E-state index >= 15 is 4.57 Å². The lowest BCUT2D eigenvalue weighted by molar-refractivity contribution is 0.592. The van der Waals surface area contributed by atoms with E-state index in [0.29, 0.717) is 0 Å². The van der Waals surface area contributed by atoms with Crippen LogP contribution in [0, 0.1) is 0 Å². The molecule has 9 aromatic rings. The van der Waals surface area contributed by atoms with E-state index in [2.05, 4.69) is 127 Å². The van der Waals surface area contributed by atoms with Gasteiger partial charge < -0.3 is 4.57 Å². The van der Waals surface area contributed by atoms with Crippen LogP contribution in [0.5, 0.6) is 0 Å². The molecule has 0 aliphatic heterocycles. The Bertz CT molecular complexity index is 2510. The third kappa shape index (κ3) is 4.59. The molecule has 226 valence electrons. The summed E-state index contributed by atoms with van der Waals surface area (Å²) in [6.45, 7) is 0. The standard InChI is InChI=1S/C46H31OP/c47-48(36-17-3-1-4-18-36,37-19-5-2-6-20-37)38-28-34(45-30-32-15-7-9-21-39(32)41-23-11-13-25-43(41)45)27-35(29-38)46-31-33-16-8-10-22-40(33)42-24-12-14-26-44(42)46/h1-31H. The molecule has 0 radical (unpaired) electrons. The zero-order valence-corrected chi connectivity index (χ0v) is 27.1. The van der Waals surface area contributed by atoms with Crippen LogP contribution in [0.25, 0.3) is 65.3 Å². The van der Waals surface area contributed by atoms with Gasteiger partial charge in [0.2, 0.25) is 0 Å². The zero-order chi connectivity index (χ0) is 32.1. The highest BCUT2D eigenvalue weighted by molar-refractivity contribution is 7.85. The predicted octanol–water partition coefficient (Wildman–Crippen LogP) is 11.3. The van der Waals surface area contributed by atoms with Crippen molar-refractivity contribution in [2.45, 2.75) is 0 Å². The van der Waals surface area contributed by atoms with Crippen LogP contribution in [0.4, 0.5) is 0 Å². The van der Waals surface area contributed by atoms with Gasteiger partial charge in [0.25, 0.3) is 0 Å². The highest BCUT2D eigenvalue weighted by Gasteiger charge is 2.31. The highest BCUT2D eigenvalue weighted by atomic mass is 31.2. The number of fused-ring (bicyclic) bond motifs is 6. The highest BCUT2D eigenvalue weighted by Crippen LogP contribution is 2.46. The molecule has 0 N–H and O–H groups in total. The molecular formula is C46H31OP. The van der Waals surface area contributed by atoms with Gasteiger partial charge in [-0.2, -0.15) is 0 Å². The van der Waals surface area contributed by atoms with Gasteiger partial charge in [0.15, 0.2) is 7.14 Å². The first kappa shape index (κ1) is 28.5. The molecule has 0 atom stereocenters. The van der Waals surface area contributed by atoms with Crippen LogP contribution < -0.4 is 15.9 Å². The zero-order valence-electron chi connectivity index (χ0n) is 26.3. The van der Waals surface area contributed by atoms with Crippen molar-refractivity contribution in [1.29, 1.82) is 0 Å². The molecule has 2 heteroatoms. The van der Waals surface area contributed by atoms with Crippen molar-refractivity contribution in [3.8, 4) is 22.3 Å².